The summed E-state index contributed by atoms with van der Waals surface area (Å²) in [5.74, 6) is 0.450. The van der Waals surface area contributed by atoms with Crippen molar-refractivity contribution in [2.24, 2.45) is 0 Å². The fraction of sp³-hybridized carbons (Fsp3) is 0.500. The molecule has 0 radical (unpaired) electrons. The molecule has 0 amide bonds. The van der Waals surface area contributed by atoms with Gasteiger partial charge in [-0.05, 0) is 0 Å². The van der Waals surface area contributed by atoms with Gasteiger partial charge in [0, 0.05) is 18.8 Å². The van der Waals surface area contributed by atoms with E-state index in [1.54, 1.807) is 6.20 Å². The highest BCUT2D eigenvalue weighted by Gasteiger charge is 2.36. The van der Waals surface area contributed by atoms with Crippen LogP contribution < -0.4 is 5.56 Å². The van der Waals surface area contributed by atoms with Crippen LogP contribution in [0.15, 0.2) is 17.2 Å². The van der Waals surface area contributed by atoms with Crippen molar-refractivity contribution in [1.82, 2.24) is 19.6 Å². The number of hydrogen-bond acceptors (Lipinski definition) is 6. The lowest BCUT2D eigenvalue weighted by Crippen LogP contribution is -2.24. The number of aromatic nitrogens is 4. The van der Waals surface area contributed by atoms with Crippen LogP contribution in [0, 0.1) is 0 Å². The number of ether oxygens (including phenoxy) is 1. The Balaban J connectivity index is 2.01. The Bertz CT molecular complexity index is 622. The van der Waals surface area contributed by atoms with Crippen molar-refractivity contribution in [2.75, 3.05) is 6.61 Å². The van der Waals surface area contributed by atoms with Gasteiger partial charge < -0.3 is 19.9 Å². The van der Waals surface area contributed by atoms with Crippen LogP contribution in [0.3, 0.4) is 0 Å². The van der Waals surface area contributed by atoms with Crippen LogP contribution in [0.1, 0.15) is 18.3 Å². The molecule has 2 aromatic heterocycles. The first-order valence-corrected chi connectivity index (χ1v) is 5.57. The fourth-order valence-corrected chi connectivity index (χ4v) is 2.14. The minimum absolute atomic E-state index is 0.179. The maximum absolute atomic E-state index is 11.5. The fourth-order valence-electron chi connectivity index (χ4n) is 2.14. The number of rotatable bonds is 2. The first kappa shape index (κ1) is 11.3. The standard InChI is InChI=1S/C10H12N4O4/c15-4-7-5(16)3-6(18-7)8-12-13-9-10(17)11-1-2-14(8)9/h1-2,5-7,15-16H,3-4H2,(H,11,17)/t5-,6-,7?/m1/s1. The highest BCUT2D eigenvalue weighted by molar-refractivity contribution is 5.34. The van der Waals surface area contributed by atoms with Gasteiger partial charge in [-0.3, -0.25) is 9.20 Å². The molecule has 0 aromatic carbocycles. The van der Waals surface area contributed by atoms with Crippen LogP contribution in [0.5, 0.6) is 0 Å². The molecule has 1 aliphatic rings. The third kappa shape index (κ3) is 1.62. The molecule has 1 aliphatic heterocycles. The Hall–Kier alpha value is -1.77. The number of aromatic amines is 1. The SMILES string of the molecule is O=c1[nH]ccn2c([C@H]3C[C@@H](O)C(CO)O3)nnc12. The molecule has 0 spiro atoms. The number of nitrogens with zero attached hydrogens (tertiary/aromatic N) is 3. The van der Waals surface area contributed by atoms with Gasteiger partial charge >= 0.3 is 0 Å². The van der Waals surface area contributed by atoms with Crippen LogP contribution in [0.4, 0.5) is 0 Å². The van der Waals surface area contributed by atoms with E-state index in [1.807, 2.05) is 0 Å². The van der Waals surface area contributed by atoms with Crippen molar-refractivity contribution in [3.05, 3.63) is 28.6 Å². The molecular weight excluding hydrogens is 240 g/mol. The minimum atomic E-state index is -0.741. The molecule has 18 heavy (non-hydrogen) atoms. The summed E-state index contributed by atoms with van der Waals surface area (Å²) in [5, 5.41) is 26.4. The average Bonchev–Trinajstić information content (AvgIpc) is 2.93. The van der Waals surface area contributed by atoms with Crippen LogP contribution in [0.2, 0.25) is 0 Å². The van der Waals surface area contributed by atoms with Gasteiger partial charge in [0.25, 0.3) is 5.56 Å². The molecule has 0 saturated carbocycles. The molecule has 0 bridgehead atoms. The lowest BCUT2D eigenvalue weighted by molar-refractivity contribution is -0.0249. The quantitative estimate of drug-likeness (QED) is 0.606. The van der Waals surface area contributed by atoms with Gasteiger partial charge in [0.05, 0.1) is 12.7 Å². The Morgan fingerprint density at radius 1 is 1.56 bits per heavy atom. The van der Waals surface area contributed by atoms with Gasteiger partial charge in [0.2, 0.25) is 5.65 Å². The van der Waals surface area contributed by atoms with Gasteiger partial charge in [-0.2, -0.15) is 0 Å². The number of H-pyrrole nitrogens is 1. The second kappa shape index (κ2) is 4.16. The molecular formula is C10H12N4O4. The van der Waals surface area contributed by atoms with Crippen molar-refractivity contribution in [3.8, 4) is 0 Å². The molecule has 8 nitrogen and oxygen atoms in total. The molecule has 3 heterocycles. The predicted molar refractivity (Wildman–Crippen MR) is 58.9 cm³/mol. The molecule has 3 N–H and O–H groups in total. The summed E-state index contributed by atoms with van der Waals surface area (Å²) >= 11 is 0. The lowest BCUT2D eigenvalue weighted by Gasteiger charge is -2.10. The average molecular weight is 252 g/mol. The Morgan fingerprint density at radius 3 is 3.11 bits per heavy atom. The third-order valence-electron chi connectivity index (χ3n) is 3.06. The Morgan fingerprint density at radius 2 is 2.39 bits per heavy atom. The summed E-state index contributed by atoms with van der Waals surface area (Å²) < 4.78 is 7.00. The van der Waals surface area contributed by atoms with E-state index in [4.69, 9.17) is 9.84 Å². The number of nitrogens with one attached hydrogen (secondary N) is 1. The maximum Gasteiger partial charge on any atom is 0.293 e. The summed E-state index contributed by atoms with van der Waals surface area (Å²) in [6.07, 6.45) is 1.58. The van der Waals surface area contributed by atoms with Crippen molar-refractivity contribution < 1.29 is 14.9 Å². The second-order valence-electron chi connectivity index (χ2n) is 4.19. The molecule has 1 fully saturated rings. The minimum Gasteiger partial charge on any atom is -0.394 e. The van der Waals surface area contributed by atoms with Crippen LogP contribution in [-0.2, 0) is 4.74 Å². The normalized spacial score (nSPS) is 28.0. The first-order valence-electron chi connectivity index (χ1n) is 5.57. The molecule has 96 valence electrons. The van der Waals surface area contributed by atoms with Gasteiger partial charge in [0.15, 0.2) is 5.82 Å². The monoisotopic (exact) mass is 252 g/mol. The van der Waals surface area contributed by atoms with E-state index in [1.165, 1.54) is 10.6 Å². The summed E-state index contributed by atoms with van der Waals surface area (Å²) in [6, 6.07) is 0. The summed E-state index contributed by atoms with van der Waals surface area (Å²) in [6.45, 7) is -0.255. The Kier molecular flexibility index (Phi) is 2.62. The smallest absolute Gasteiger partial charge is 0.293 e. The van der Waals surface area contributed by atoms with Crippen molar-refractivity contribution in [2.45, 2.75) is 24.7 Å². The zero-order chi connectivity index (χ0) is 12.7. The number of fused-ring (bicyclic) bond motifs is 1. The van der Waals surface area contributed by atoms with Gasteiger partial charge in [-0.25, -0.2) is 0 Å². The predicted octanol–water partition coefficient (Wildman–Crippen LogP) is -1.40. The third-order valence-corrected chi connectivity index (χ3v) is 3.06. The molecule has 1 unspecified atom stereocenters. The van der Waals surface area contributed by atoms with Crippen molar-refractivity contribution in [3.63, 3.8) is 0 Å². The van der Waals surface area contributed by atoms with E-state index in [2.05, 4.69) is 15.2 Å². The zero-order valence-electron chi connectivity index (χ0n) is 9.35. The highest BCUT2D eigenvalue weighted by Crippen LogP contribution is 2.31. The molecule has 3 rings (SSSR count). The van der Waals surface area contributed by atoms with Gasteiger partial charge in [0.1, 0.15) is 12.2 Å². The van der Waals surface area contributed by atoms with E-state index < -0.39 is 18.3 Å². The number of aliphatic hydroxyl groups is 2. The van der Waals surface area contributed by atoms with E-state index in [-0.39, 0.29) is 17.8 Å². The molecule has 0 aliphatic carbocycles. The van der Waals surface area contributed by atoms with Crippen molar-refractivity contribution >= 4 is 5.65 Å². The Labute approximate surface area is 101 Å². The van der Waals surface area contributed by atoms with Crippen LogP contribution in [-0.4, -0.2) is 48.6 Å². The highest BCUT2D eigenvalue weighted by atomic mass is 16.5. The molecule has 8 heteroatoms. The topological polar surface area (TPSA) is 113 Å². The first-order chi connectivity index (χ1) is 8.70. The van der Waals surface area contributed by atoms with Gasteiger partial charge in [-0.1, -0.05) is 0 Å². The van der Waals surface area contributed by atoms with Crippen LogP contribution >= 0.6 is 0 Å². The van der Waals surface area contributed by atoms with E-state index in [9.17, 15) is 9.90 Å². The second-order valence-corrected chi connectivity index (χ2v) is 4.19. The van der Waals surface area contributed by atoms with Gasteiger partial charge in [-0.15, -0.1) is 10.2 Å². The molecule has 2 aromatic rings. The largest absolute Gasteiger partial charge is 0.394 e. The van der Waals surface area contributed by atoms with E-state index in [0.29, 0.717) is 12.2 Å². The zero-order valence-corrected chi connectivity index (χ0v) is 9.35. The summed E-state index contributed by atoms with van der Waals surface area (Å²) in [7, 11) is 0. The maximum atomic E-state index is 11.5. The summed E-state index contributed by atoms with van der Waals surface area (Å²) in [5.41, 5.74) is -0.161. The van der Waals surface area contributed by atoms with Crippen LogP contribution in [0.25, 0.3) is 5.65 Å². The number of aliphatic hydroxyl groups excluding tert-OH is 2. The summed E-state index contributed by atoms with van der Waals surface area (Å²) in [4.78, 5) is 14.0. The lowest BCUT2D eigenvalue weighted by atomic mass is 10.1. The number of hydrogen-bond donors (Lipinski definition) is 3. The molecule has 1 saturated heterocycles. The van der Waals surface area contributed by atoms with Crippen molar-refractivity contribution in [1.29, 1.82) is 0 Å². The molecule has 3 atom stereocenters. The van der Waals surface area contributed by atoms with E-state index >= 15 is 0 Å². The van der Waals surface area contributed by atoms with E-state index in [0.717, 1.165) is 0 Å².